The lowest BCUT2D eigenvalue weighted by Gasteiger charge is -2.32. The molecule has 1 saturated heterocycles. The van der Waals surface area contributed by atoms with Crippen LogP contribution in [-0.2, 0) is 11.2 Å². The zero-order valence-electron chi connectivity index (χ0n) is 19.3. The van der Waals surface area contributed by atoms with E-state index in [4.69, 9.17) is 0 Å². The molecule has 1 aliphatic carbocycles. The van der Waals surface area contributed by atoms with Crippen molar-refractivity contribution in [2.75, 3.05) is 18.4 Å². The Morgan fingerprint density at radius 3 is 2.58 bits per heavy atom. The van der Waals surface area contributed by atoms with E-state index in [1.807, 2.05) is 48.7 Å². The van der Waals surface area contributed by atoms with Gasteiger partial charge in [0.05, 0.1) is 6.21 Å². The summed E-state index contributed by atoms with van der Waals surface area (Å²) in [6, 6.07) is 13.6. The molecule has 2 aromatic carbocycles. The average Bonchev–Trinajstić information content (AvgIpc) is 2.83. The van der Waals surface area contributed by atoms with Crippen LogP contribution in [0.3, 0.4) is 0 Å². The highest BCUT2D eigenvalue weighted by atomic mass is 16.4. The first-order chi connectivity index (χ1) is 16.0. The number of benzene rings is 2. The molecule has 174 valence electrons. The molecule has 6 heteroatoms. The Bertz CT molecular complexity index is 1010. The van der Waals surface area contributed by atoms with Gasteiger partial charge in [-0.1, -0.05) is 25.1 Å². The molecule has 2 aliphatic rings. The van der Waals surface area contributed by atoms with Crippen LogP contribution in [0.5, 0.6) is 0 Å². The van der Waals surface area contributed by atoms with E-state index in [9.17, 15) is 14.7 Å². The average molecular weight is 448 g/mol. The van der Waals surface area contributed by atoms with Crippen molar-refractivity contribution >= 4 is 23.8 Å². The van der Waals surface area contributed by atoms with Crippen LogP contribution < -0.4 is 5.32 Å². The first-order valence-corrected chi connectivity index (χ1v) is 12.1. The molecule has 2 N–H and O–H groups in total. The quantitative estimate of drug-likeness (QED) is 0.565. The second-order valence-corrected chi connectivity index (χ2v) is 9.16. The fourth-order valence-electron chi connectivity index (χ4n) is 5.12. The maximum atomic E-state index is 12.9. The van der Waals surface area contributed by atoms with E-state index in [0.717, 1.165) is 49.2 Å². The van der Waals surface area contributed by atoms with Crippen LogP contribution in [0.2, 0.25) is 0 Å². The van der Waals surface area contributed by atoms with Crippen molar-refractivity contribution in [3.8, 4) is 0 Å². The first kappa shape index (κ1) is 23.0. The third kappa shape index (κ3) is 5.81. The Hall–Kier alpha value is -3.15. The van der Waals surface area contributed by atoms with Gasteiger partial charge in [0.15, 0.2) is 0 Å². The topological polar surface area (TPSA) is 82.0 Å². The number of fused-ring (bicyclic) bond motifs is 1. The molecule has 0 radical (unpaired) electrons. The number of carboxylic acid groups (broad SMARTS) is 1. The molecule has 2 unspecified atom stereocenters. The molecule has 4 rings (SSSR count). The number of rotatable bonds is 7. The minimum atomic E-state index is -0.750. The molecule has 0 bridgehead atoms. The highest BCUT2D eigenvalue weighted by Crippen LogP contribution is 2.40. The molecule has 0 spiro atoms. The van der Waals surface area contributed by atoms with Gasteiger partial charge in [-0.05, 0) is 91.3 Å². The van der Waals surface area contributed by atoms with Crippen LogP contribution in [0.1, 0.15) is 78.4 Å². The van der Waals surface area contributed by atoms with Gasteiger partial charge in [-0.25, -0.2) is 0 Å². The maximum Gasteiger partial charge on any atom is 0.303 e. The van der Waals surface area contributed by atoms with E-state index >= 15 is 0 Å². The number of amides is 1. The Labute approximate surface area is 195 Å². The van der Waals surface area contributed by atoms with Crippen LogP contribution >= 0.6 is 0 Å². The fourth-order valence-corrected chi connectivity index (χ4v) is 5.12. The van der Waals surface area contributed by atoms with Gasteiger partial charge in [0.2, 0.25) is 0 Å². The predicted octanol–water partition coefficient (Wildman–Crippen LogP) is 5.29. The summed E-state index contributed by atoms with van der Waals surface area (Å²) >= 11 is 0. The van der Waals surface area contributed by atoms with E-state index < -0.39 is 5.97 Å². The second kappa shape index (κ2) is 10.6. The van der Waals surface area contributed by atoms with E-state index in [0.29, 0.717) is 5.56 Å². The number of nitrogens with zero attached hydrogens (tertiary/aromatic N) is 2. The van der Waals surface area contributed by atoms with E-state index in [2.05, 4.69) is 22.4 Å². The van der Waals surface area contributed by atoms with Gasteiger partial charge in [0, 0.05) is 30.8 Å². The van der Waals surface area contributed by atoms with Gasteiger partial charge < -0.3 is 10.4 Å². The largest absolute Gasteiger partial charge is 0.481 e. The van der Waals surface area contributed by atoms with Crippen LogP contribution in [0, 0.1) is 5.92 Å². The molecule has 2 aromatic rings. The van der Waals surface area contributed by atoms with Crippen molar-refractivity contribution in [3.63, 3.8) is 0 Å². The molecule has 1 fully saturated rings. The molecule has 1 aliphatic heterocycles. The predicted molar refractivity (Wildman–Crippen MR) is 131 cm³/mol. The van der Waals surface area contributed by atoms with Crippen molar-refractivity contribution in [1.82, 2.24) is 5.01 Å². The van der Waals surface area contributed by atoms with E-state index in [-0.39, 0.29) is 24.2 Å². The summed E-state index contributed by atoms with van der Waals surface area (Å²) < 4.78 is 0. The first-order valence-electron chi connectivity index (χ1n) is 12.1. The lowest BCUT2D eigenvalue weighted by molar-refractivity contribution is -0.138. The summed E-state index contributed by atoms with van der Waals surface area (Å²) in [4.78, 5) is 24.2. The van der Waals surface area contributed by atoms with Gasteiger partial charge in [-0.15, -0.1) is 0 Å². The van der Waals surface area contributed by atoms with Crippen LogP contribution in [0.25, 0.3) is 0 Å². The van der Waals surface area contributed by atoms with Crippen molar-refractivity contribution in [2.24, 2.45) is 11.0 Å². The number of carbonyl (C=O) groups is 2. The molecule has 0 aromatic heterocycles. The number of carboxylic acids is 1. The van der Waals surface area contributed by atoms with Gasteiger partial charge in [-0.3, -0.25) is 14.6 Å². The highest BCUT2D eigenvalue weighted by Gasteiger charge is 2.30. The van der Waals surface area contributed by atoms with E-state index in [1.54, 1.807) is 0 Å². The Balaban J connectivity index is 1.42. The number of hydrazone groups is 1. The van der Waals surface area contributed by atoms with Crippen LogP contribution in [-0.4, -0.2) is 41.3 Å². The maximum absolute atomic E-state index is 12.9. The summed E-state index contributed by atoms with van der Waals surface area (Å²) in [6.45, 7) is 4.13. The number of aryl methyl sites for hydroxylation is 1. The van der Waals surface area contributed by atoms with Crippen LogP contribution in [0.4, 0.5) is 5.69 Å². The number of carbonyl (C=O) groups excluding carboxylic acids is 1. The highest BCUT2D eigenvalue weighted by molar-refractivity contribution is 6.04. The Morgan fingerprint density at radius 1 is 1.12 bits per heavy atom. The molecule has 1 heterocycles. The molecule has 6 nitrogen and oxygen atoms in total. The van der Waals surface area contributed by atoms with Gasteiger partial charge >= 0.3 is 5.97 Å². The number of anilines is 1. The minimum absolute atomic E-state index is 0.123. The van der Waals surface area contributed by atoms with Gasteiger partial charge in [0.25, 0.3) is 5.91 Å². The van der Waals surface area contributed by atoms with Crippen molar-refractivity contribution in [2.45, 2.75) is 57.8 Å². The summed E-state index contributed by atoms with van der Waals surface area (Å²) in [5, 5.41) is 18.9. The standard InChI is InChI=1S/C27H33N3O3/c1-2-24-21(17-26(31)32)10-8-20-9-11-22(16-25(20)24)27(33)29-23-12-6-19(7-13-23)18-28-30-14-4-3-5-15-30/h6-7,9,11-13,16,18,21,24H,2-5,8,10,14-15,17H2,1H3,(H,29,33)(H,31,32). The molecular weight excluding hydrogens is 414 g/mol. The normalized spacial score (nSPS) is 20.5. The van der Waals surface area contributed by atoms with Crippen LogP contribution in [0.15, 0.2) is 47.6 Å². The minimum Gasteiger partial charge on any atom is -0.481 e. The summed E-state index contributed by atoms with van der Waals surface area (Å²) in [7, 11) is 0. The number of aliphatic carboxylic acids is 1. The summed E-state index contributed by atoms with van der Waals surface area (Å²) in [5.41, 5.74) is 4.72. The summed E-state index contributed by atoms with van der Waals surface area (Å²) in [5.74, 6) is -0.600. The Kier molecular flexibility index (Phi) is 7.43. The molecular formula is C27H33N3O3. The van der Waals surface area contributed by atoms with Crippen molar-refractivity contribution in [3.05, 3.63) is 64.7 Å². The smallest absolute Gasteiger partial charge is 0.303 e. The van der Waals surface area contributed by atoms with Crippen molar-refractivity contribution < 1.29 is 14.7 Å². The second-order valence-electron chi connectivity index (χ2n) is 9.16. The van der Waals surface area contributed by atoms with Gasteiger partial charge in [0.1, 0.15) is 0 Å². The third-order valence-electron chi connectivity index (χ3n) is 6.91. The van der Waals surface area contributed by atoms with E-state index in [1.165, 1.54) is 24.8 Å². The zero-order valence-corrected chi connectivity index (χ0v) is 19.3. The zero-order chi connectivity index (χ0) is 23.2. The number of nitrogens with one attached hydrogen (secondary N) is 1. The Morgan fingerprint density at radius 2 is 1.88 bits per heavy atom. The van der Waals surface area contributed by atoms with Gasteiger partial charge in [-0.2, -0.15) is 5.10 Å². The SMILES string of the molecule is CCC1c2cc(C(=O)Nc3ccc(C=NN4CCCCC4)cc3)ccc2CCC1CC(=O)O. The molecule has 1 amide bonds. The number of hydrogen-bond acceptors (Lipinski definition) is 4. The molecule has 33 heavy (non-hydrogen) atoms. The number of piperidine rings is 1. The third-order valence-corrected chi connectivity index (χ3v) is 6.91. The van der Waals surface area contributed by atoms with Crippen molar-refractivity contribution in [1.29, 1.82) is 0 Å². The molecule has 0 saturated carbocycles. The summed E-state index contributed by atoms with van der Waals surface area (Å²) in [6.07, 6.45) is 8.36. The lowest BCUT2D eigenvalue weighted by atomic mass is 9.72. The lowest BCUT2D eigenvalue weighted by Crippen LogP contribution is -2.24. The monoisotopic (exact) mass is 447 g/mol. The fraction of sp³-hybridized carbons (Fsp3) is 0.444. The number of hydrogen-bond donors (Lipinski definition) is 2. The molecule has 2 atom stereocenters.